The number of thiocarbonyl (C=S) groups is 1. The Labute approximate surface area is 169 Å². The summed E-state index contributed by atoms with van der Waals surface area (Å²) in [6.45, 7) is 4.54. The molecular weight excluding hydrogens is 379 g/mol. The maximum Gasteiger partial charge on any atom is 0.255 e. The van der Waals surface area contributed by atoms with Crippen molar-refractivity contribution in [2.75, 3.05) is 31.1 Å². The van der Waals surface area contributed by atoms with Gasteiger partial charge < -0.3 is 20.3 Å². The number of nitrogens with two attached hydrogens (primary N) is 1. The van der Waals surface area contributed by atoms with E-state index in [0.29, 0.717) is 25.3 Å². The number of ether oxygens (including phenoxy) is 1. The Balaban J connectivity index is 1.70. The van der Waals surface area contributed by atoms with Gasteiger partial charge in [0.2, 0.25) is 0 Å². The predicted octanol–water partition coefficient (Wildman–Crippen LogP) is 2.66. The summed E-state index contributed by atoms with van der Waals surface area (Å²) < 4.78 is 20.0. The highest BCUT2D eigenvalue weighted by atomic mass is 32.1. The zero-order valence-electron chi connectivity index (χ0n) is 15.9. The molecule has 6 nitrogen and oxygen atoms in total. The Kier molecular flexibility index (Phi) is 6.51. The Morgan fingerprint density at radius 1 is 1.32 bits per heavy atom. The SMILES string of the molecule is CCCCCOc1ccc(N2CCN3CC(C(=O)NC(N)=S)=CC=C32)cc1F. The Morgan fingerprint density at radius 3 is 2.86 bits per heavy atom. The molecule has 1 aromatic rings. The fraction of sp³-hybridized carbons (Fsp3) is 0.400. The average Bonchev–Trinajstić information content (AvgIpc) is 3.09. The van der Waals surface area contributed by atoms with E-state index >= 15 is 0 Å². The summed E-state index contributed by atoms with van der Waals surface area (Å²) in [5.74, 6) is 0.556. The quantitative estimate of drug-likeness (QED) is 0.538. The van der Waals surface area contributed by atoms with Crippen molar-refractivity contribution >= 4 is 28.9 Å². The van der Waals surface area contributed by atoms with Gasteiger partial charge in [0.1, 0.15) is 5.82 Å². The molecule has 2 heterocycles. The van der Waals surface area contributed by atoms with E-state index in [1.165, 1.54) is 6.07 Å². The molecule has 0 atom stereocenters. The van der Waals surface area contributed by atoms with Crippen molar-refractivity contribution < 1.29 is 13.9 Å². The lowest BCUT2D eigenvalue weighted by Gasteiger charge is -2.28. The molecule has 0 radical (unpaired) electrons. The zero-order chi connectivity index (χ0) is 20.1. The highest BCUT2D eigenvalue weighted by Crippen LogP contribution is 2.32. The number of benzene rings is 1. The molecule has 28 heavy (non-hydrogen) atoms. The van der Waals surface area contributed by atoms with E-state index in [-0.39, 0.29) is 22.6 Å². The monoisotopic (exact) mass is 404 g/mol. The van der Waals surface area contributed by atoms with Crippen LogP contribution in [0.15, 0.2) is 41.7 Å². The van der Waals surface area contributed by atoms with E-state index in [2.05, 4.69) is 17.1 Å². The fourth-order valence-electron chi connectivity index (χ4n) is 3.32. The highest BCUT2D eigenvalue weighted by molar-refractivity contribution is 7.80. The largest absolute Gasteiger partial charge is 0.491 e. The van der Waals surface area contributed by atoms with Crippen LogP contribution < -0.4 is 20.7 Å². The van der Waals surface area contributed by atoms with Crippen LogP contribution in [0.3, 0.4) is 0 Å². The summed E-state index contributed by atoms with van der Waals surface area (Å²) in [6.07, 6.45) is 6.70. The standard InChI is InChI=1S/C20H25FN4O2S/c1-2-3-4-11-27-17-7-6-15(12-16(17)21)25-10-9-24-13-14(5-8-18(24)25)19(26)23-20(22)28/h5-8,12H,2-4,9-11,13H2,1H3,(H3,22,23,26,28). The van der Waals surface area contributed by atoms with Crippen LogP contribution in [0.5, 0.6) is 5.75 Å². The van der Waals surface area contributed by atoms with Crippen molar-refractivity contribution in [2.24, 2.45) is 5.73 Å². The van der Waals surface area contributed by atoms with Crippen molar-refractivity contribution in [1.82, 2.24) is 10.2 Å². The summed E-state index contributed by atoms with van der Waals surface area (Å²) >= 11 is 4.71. The molecule has 0 aliphatic carbocycles. The van der Waals surface area contributed by atoms with Crippen molar-refractivity contribution in [1.29, 1.82) is 0 Å². The normalized spacial score (nSPS) is 15.6. The number of hydrogen-bond donors (Lipinski definition) is 2. The van der Waals surface area contributed by atoms with Crippen LogP contribution in [0.2, 0.25) is 0 Å². The Hall–Kier alpha value is -2.61. The van der Waals surface area contributed by atoms with E-state index in [1.807, 2.05) is 17.0 Å². The van der Waals surface area contributed by atoms with E-state index in [4.69, 9.17) is 22.7 Å². The first-order chi connectivity index (χ1) is 13.5. The summed E-state index contributed by atoms with van der Waals surface area (Å²) in [5.41, 5.74) is 6.71. The molecule has 0 saturated carbocycles. The van der Waals surface area contributed by atoms with Gasteiger partial charge in [-0.25, -0.2) is 4.39 Å². The van der Waals surface area contributed by atoms with Crippen LogP contribution in [0.1, 0.15) is 26.2 Å². The van der Waals surface area contributed by atoms with Gasteiger partial charge in [0, 0.05) is 37.0 Å². The molecule has 0 aromatic heterocycles. The molecule has 1 saturated heterocycles. The lowest BCUT2D eigenvalue weighted by molar-refractivity contribution is -0.116. The third kappa shape index (κ3) is 4.62. The summed E-state index contributed by atoms with van der Waals surface area (Å²) in [5, 5.41) is 2.40. The van der Waals surface area contributed by atoms with Gasteiger partial charge in [-0.05, 0) is 42.9 Å². The van der Waals surface area contributed by atoms with E-state index in [1.54, 1.807) is 12.1 Å². The van der Waals surface area contributed by atoms with Gasteiger partial charge in [-0.1, -0.05) is 19.8 Å². The van der Waals surface area contributed by atoms with Gasteiger partial charge in [-0.2, -0.15) is 0 Å². The van der Waals surface area contributed by atoms with E-state index < -0.39 is 0 Å². The number of carbonyl (C=O) groups excluding carboxylic acids is 1. The molecule has 0 unspecified atom stereocenters. The van der Waals surface area contributed by atoms with Gasteiger partial charge in [-0.3, -0.25) is 10.1 Å². The van der Waals surface area contributed by atoms with Crippen molar-refractivity contribution in [3.05, 3.63) is 47.6 Å². The van der Waals surface area contributed by atoms with Crippen molar-refractivity contribution in [3.8, 4) is 5.75 Å². The lowest BCUT2D eigenvalue weighted by Crippen LogP contribution is -2.39. The number of unbranched alkanes of at least 4 members (excludes halogenated alkanes) is 2. The molecule has 1 amide bonds. The van der Waals surface area contributed by atoms with Crippen molar-refractivity contribution in [2.45, 2.75) is 26.2 Å². The first kappa shape index (κ1) is 20.1. The number of carbonyl (C=O) groups is 1. The predicted molar refractivity (Wildman–Crippen MR) is 111 cm³/mol. The first-order valence-electron chi connectivity index (χ1n) is 9.46. The van der Waals surface area contributed by atoms with Gasteiger partial charge in [-0.15, -0.1) is 0 Å². The smallest absolute Gasteiger partial charge is 0.255 e. The van der Waals surface area contributed by atoms with Gasteiger partial charge in [0.15, 0.2) is 16.7 Å². The Bertz CT molecular complexity index is 824. The number of rotatable bonds is 7. The van der Waals surface area contributed by atoms with Crippen LogP contribution in [-0.4, -0.2) is 42.2 Å². The second-order valence-electron chi connectivity index (χ2n) is 6.78. The molecule has 3 N–H and O–H groups in total. The molecule has 150 valence electrons. The molecule has 0 spiro atoms. The van der Waals surface area contributed by atoms with Crippen LogP contribution in [-0.2, 0) is 4.79 Å². The molecule has 2 aliphatic heterocycles. The summed E-state index contributed by atoms with van der Waals surface area (Å²) in [4.78, 5) is 16.2. The minimum Gasteiger partial charge on any atom is -0.491 e. The fourth-order valence-corrected chi connectivity index (χ4v) is 3.41. The van der Waals surface area contributed by atoms with Crippen LogP contribution in [0, 0.1) is 5.82 Å². The Morgan fingerprint density at radius 2 is 2.14 bits per heavy atom. The molecule has 1 aromatic carbocycles. The maximum atomic E-state index is 14.5. The third-order valence-electron chi connectivity index (χ3n) is 4.75. The molecule has 0 bridgehead atoms. The number of allylic oxidation sites excluding steroid dienone is 2. The zero-order valence-corrected chi connectivity index (χ0v) is 16.7. The summed E-state index contributed by atoms with van der Waals surface area (Å²) in [7, 11) is 0. The third-order valence-corrected chi connectivity index (χ3v) is 4.85. The topological polar surface area (TPSA) is 70.8 Å². The highest BCUT2D eigenvalue weighted by Gasteiger charge is 2.30. The summed E-state index contributed by atoms with van der Waals surface area (Å²) in [6, 6.07) is 5.04. The minimum absolute atomic E-state index is 0.0452. The number of halogens is 1. The lowest BCUT2D eigenvalue weighted by atomic mass is 10.1. The van der Waals surface area contributed by atoms with Crippen LogP contribution in [0.25, 0.3) is 0 Å². The number of nitrogens with one attached hydrogen (secondary N) is 1. The van der Waals surface area contributed by atoms with Crippen LogP contribution in [0.4, 0.5) is 10.1 Å². The maximum absolute atomic E-state index is 14.5. The van der Waals surface area contributed by atoms with E-state index in [0.717, 1.165) is 37.3 Å². The minimum atomic E-state index is -0.365. The molecular formula is C20H25FN4O2S. The second kappa shape index (κ2) is 9.05. The molecule has 8 heteroatoms. The van der Waals surface area contributed by atoms with Gasteiger partial charge >= 0.3 is 0 Å². The first-order valence-corrected chi connectivity index (χ1v) is 9.87. The van der Waals surface area contributed by atoms with Gasteiger partial charge in [0.05, 0.1) is 6.61 Å². The average molecular weight is 405 g/mol. The number of anilines is 1. The molecule has 3 rings (SSSR count). The van der Waals surface area contributed by atoms with Crippen molar-refractivity contribution in [3.63, 3.8) is 0 Å². The van der Waals surface area contributed by atoms with E-state index in [9.17, 15) is 9.18 Å². The van der Waals surface area contributed by atoms with Crippen LogP contribution >= 0.6 is 12.2 Å². The molecule has 1 fully saturated rings. The number of fused-ring (bicyclic) bond motifs is 1. The second-order valence-corrected chi connectivity index (χ2v) is 7.22. The van der Waals surface area contributed by atoms with Gasteiger partial charge in [0.25, 0.3) is 5.91 Å². The number of nitrogens with zero attached hydrogens (tertiary/aromatic N) is 2. The molecule has 2 aliphatic rings. The number of amides is 1. The number of hydrogen-bond acceptors (Lipinski definition) is 5.